The van der Waals surface area contributed by atoms with Gasteiger partial charge in [0, 0.05) is 13.2 Å². The lowest BCUT2D eigenvalue weighted by Crippen LogP contribution is -2.38. The highest BCUT2D eigenvalue weighted by Gasteiger charge is 2.21. The number of rotatable bonds is 4. The molecule has 0 bridgehead atoms. The largest absolute Gasteiger partial charge is 0.480 e. The van der Waals surface area contributed by atoms with Gasteiger partial charge in [-0.1, -0.05) is 6.92 Å². The molecular formula is C10H15N3O2. The fourth-order valence-electron chi connectivity index (χ4n) is 1.50. The highest BCUT2D eigenvalue weighted by atomic mass is 16.4. The van der Waals surface area contributed by atoms with Crippen LogP contribution in [0.4, 0.5) is 11.4 Å². The van der Waals surface area contributed by atoms with Crippen LogP contribution in [0, 0.1) is 0 Å². The van der Waals surface area contributed by atoms with Gasteiger partial charge in [-0.25, -0.2) is 4.79 Å². The smallest absolute Gasteiger partial charge is 0.326 e. The summed E-state index contributed by atoms with van der Waals surface area (Å²) in [6.07, 6.45) is 3.63. The first-order chi connectivity index (χ1) is 7.07. The van der Waals surface area contributed by atoms with Crippen molar-refractivity contribution in [3.63, 3.8) is 0 Å². The molecule has 0 aliphatic heterocycles. The Morgan fingerprint density at radius 2 is 2.40 bits per heavy atom. The van der Waals surface area contributed by atoms with E-state index in [4.69, 9.17) is 10.8 Å². The van der Waals surface area contributed by atoms with Crippen molar-refractivity contribution >= 4 is 17.3 Å². The average molecular weight is 209 g/mol. The highest BCUT2D eigenvalue weighted by molar-refractivity contribution is 5.80. The Morgan fingerprint density at radius 1 is 1.73 bits per heavy atom. The normalized spacial score (nSPS) is 12.1. The minimum atomic E-state index is -0.851. The van der Waals surface area contributed by atoms with Gasteiger partial charge in [0.25, 0.3) is 0 Å². The first-order valence-electron chi connectivity index (χ1n) is 4.73. The number of carbonyl (C=O) groups is 1. The summed E-state index contributed by atoms with van der Waals surface area (Å²) < 4.78 is 0. The lowest BCUT2D eigenvalue weighted by molar-refractivity contribution is -0.138. The summed E-state index contributed by atoms with van der Waals surface area (Å²) in [5.41, 5.74) is 6.90. The van der Waals surface area contributed by atoms with E-state index < -0.39 is 12.0 Å². The summed E-state index contributed by atoms with van der Waals surface area (Å²) in [6, 6.07) is 1.15. The Balaban J connectivity index is 2.97. The van der Waals surface area contributed by atoms with Crippen molar-refractivity contribution in [2.45, 2.75) is 19.4 Å². The van der Waals surface area contributed by atoms with Crippen molar-refractivity contribution < 1.29 is 9.90 Å². The maximum absolute atomic E-state index is 11.0. The van der Waals surface area contributed by atoms with Crippen LogP contribution >= 0.6 is 0 Å². The molecule has 0 amide bonds. The van der Waals surface area contributed by atoms with Crippen molar-refractivity contribution in [3.8, 4) is 0 Å². The van der Waals surface area contributed by atoms with E-state index in [1.807, 2.05) is 6.92 Å². The van der Waals surface area contributed by atoms with Crippen molar-refractivity contribution in [1.29, 1.82) is 0 Å². The Kier molecular flexibility index (Phi) is 3.49. The lowest BCUT2D eigenvalue weighted by atomic mass is 10.2. The number of nitrogens with zero attached hydrogens (tertiary/aromatic N) is 2. The topological polar surface area (TPSA) is 79.5 Å². The average Bonchev–Trinajstić information content (AvgIpc) is 2.18. The predicted molar refractivity (Wildman–Crippen MR) is 58.8 cm³/mol. The van der Waals surface area contributed by atoms with Gasteiger partial charge in [0.2, 0.25) is 0 Å². The molecule has 0 saturated heterocycles. The van der Waals surface area contributed by atoms with Gasteiger partial charge in [0.15, 0.2) is 0 Å². The van der Waals surface area contributed by atoms with Crippen LogP contribution in [0.15, 0.2) is 18.5 Å². The predicted octanol–water partition coefficient (Wildman–Crippen LogP) is 0.963. The van der Waals surface area contributed by atoms with Crippen molar-refractivity contribution in [1.82, 2.24) is 4.98 Å². The van der Waals surface area contributed by atoms with Crippen LogP contribution in [0.2, 0.25) is 0 Å². The molecule has 1 aromatic heterocycles. The van der Waals surface area contributed by atoms with Crippen LogP contribution in [-0.2, 0) is 4.79 Å². The fourth-order valence-corrected chi connectivity index (χ4v) is 1.50. The zero-order chi connectivity index (χ0) is 11.4. The van der Waals surface area contributed by atoms with Gasteiger partial charge in [-0.15, -0.1) is 0 Å². The minimum Gasteiger partial charge on any atom is -0.480 e. The molecule has 5 nitrogen and oxygen atoms in total. The molecule has 82 valence electrons. The summed E-state index contributed by atoms with van der Waals surface area (Å²) in [7, 11) is 1.72. The molecule has 1 atom stereocenters. The summed E-state index contributed by atoms with van der Waals surface area (Å²) >= 11 is 0. The highest BCUT2D eigenvalue weighted by Crippen LogP contribution is 2.22. The van der Waals surface area contributed by atoms with E-state index in [0.717, 1.165) is 0 Å². The van der Waals surface area contributed by atoms with Crippen molar-refractivity contribution in [3.05, 3.63) is 18.5 Å². The summed E-state index contributed by atoms with van der Waals surface area (Å²) in [5.74, 6) is -0.851. The van der Waals surface area contributed by atoms with Crippen LogP contribution in [0.1, 0.15) is 13.3 Å². The quantitative estimate of drug-likeness (QED) is 0.772. The number of nitrogen functional groups attached to an aromatic ring is 1. The van der Waals surface area contributed by atoms with Crippen LogP contribution in [-0.4, -0.2) is 29.1 Å². The van der Waals surface area contributed by atoms with Crippen LogP contribution in [0.5, 0.6) is 0 Å². The van der Waals surface area contributed by atoms with E-state index >= 15 is 0 Å². The lowest BCUT2D eigenvalue weighted by Gasteiger charge is -2.26. The van der Waals surface area contributed by atoms with Gasteiger partial charge < -0.3 is 15.7 Å². The van der Waals surface area contributed by atoms with Crippen LogP contribution < -0.4 is 10.6 Å². The van der Waals surface area contributed by atoms with Gasteiger partial charge in [0.05, 0.1) is 17.6 Å². The standard InChI is InChI=1S/C10H15N3O2/c1-3-8(10(14)15)13(2)9-4-5-12-6-7(9)11/h4-6,8H,3,11H2,1-2H3,(H,14,15). The van der Waals surface area contributed by atoms with Crippen molar-refractivity contribution in [2.24, 2.45) is 0 Å². The number of anilines is 2. The number of nitrogens with two attached hydrogens (primary N) is 1. The zero-order valence-electron chi connectivity index (χ0n) is 8.84. The number of carboxylic acids is 1. The Bertz CT molecular complexity index is 354. The van der Waals surface area contributed by atoms with E-state index in [9.17, 15) is 4.79 Å². The molecule has 0 radical (unpaired) electrons. The number of aromatic nitrogens is 1. The first kappa shape index (κ1) is 11.3. The first-order valence-corrected chi connectivity index (χ1v) is 4.73. The molecule has 0 aromatic carbocycles. The number of carboxylic acid groups (broad SMARTS) is 1. The molecule has 0 spiro atoms. The molecule has 1 aromatic rings. The minimum absolute atomic E-state index is 0.486. The monoisotopic (exact) mass is 209 g/mol. The fraction of sp³-hybridized carbons (Fsp3) is 0.400. The second-order valence-electron chi connectivity index (χ2n) is 3.31. The molecule has 15 heavy (non-hydrogen) atoms. The Hall–Kier alpha value is -1.78. The molecule has 0 aliphatic carbocycles. The molecule has 0 saturated carbocycles. The molecule has 5 heteroatoms. The summed E-state index contributed by atoms with van der Waals surface area (Å²) in [4.78, 5) is 16.5. The zero-order valence-corrected chi connectivity index (χ0v) is 8.84. The van der Waals surface area contributed by atoms with Crippen LogP contribution in [0.3, 0.4) is 0 Å². The Morgan fingerprint density at radius 3 is 2.87 bits per heavy atom. The van der Waals surface area contributed by atoms with Gasteiger partial charge in [-0.3, -0.25) is 4.98 Å². The van der Waals surface area contributed by atoms with Gasteiger partial charge in [0.1, 0.15) is 6.04 Å². The second kappa shape index (κ2) is 4.63. The van der Waals surface area contributed by atoms with E-state index in [1.165, 1.54) is 6.20 Å². The summed E-state index contributed by atoms with van der Waals surface area (Å²) in [5, 5.41) is 9.00. The third kappa shape index (κ3) is 2.37. The summed E-state index contributed by atoms with van der Waals surface area (Å²) in [6.45, 7) is 1.83. The van der Waals surface area contributed by atoms with E-state index in [2.05, 4.69) is 4.98 Å². The molecule has 1 heterocycles. The number of aliphatic carboxylic acids is 1. The number of likely N-dealkylation sites (N-methyl/N-ethyl adjacent to an activating group) is 1. The Labute approximate surface area is 88.5 Å². The van der Waals surface area contributed by atoms with Crippen molar-refractivity contribution in [2.75, 3.05) is 17.7 Å². The molecule has 1 rings (SSSR count). The van der Waals surface area contributed by atoms with E-state index in [1.54, 1.807) is 24.2 Å². The molecule has 0 aliphatic rings. The number of hydrogen-bond acceptors (Lipinski definition) is 4. The molecule has 1 unspecified atom stereocenters. The maximum Gasteiger partial charge on any atom is 0.326 e. The van der Waals surface area contributed by atoms with Gasteiger partial charge in [-0.2, -0.15) is 0 Å². The molecule has 0 fully saturated rings. The third-order valence-corrected chi connectivity index (χ3v) is 2.35. The van der Waals surface area contributed by atoms with E-state index in [-0.39, 0.29) is 0 Å². The van der Waals surface area contributed by atoms with E-state index in [0.29, 0.717) is 17.8 Å². The van der Waals surface area contributed by atoms with Gasteiger partial charge in [-0.05, 0) is 12.5 Å². The SMILES string of the molecule is CCC(C(=O)O)N(C)c1ccncc1N. The molecule has 3 N–H and O–H groups in total. The van der Waals surface area contributed by atoms with Gasteiger partial charge >= 0.3 is 5.97 Å². The van der Waals surface area contributed by atoms with Crippen LogP contribution in [0.25, 0.3) is 0 Å². The molecular weight excluding hydrogens is 194 g/mol. The maximum atomic E-state index is 11.0. The third-order valence-electron chi connectivity index (χ3n) is 2.35. The second-order valence-corrected chi connectivity index (χ2v) is 3.31. The number of hydrogen-bond donors (Lipinski definition) is 2. The number of pyridine rings is 1.